The average molecular weight is 359 g/mol. The Morgan fingerprint density at radius 1 is 1.30 bits per heavy atom. The molecule has 23 heavy (non-hydrogen) atoms. The molecular weight excluding hydrogens is 339 g/mol. The van der Waals surface area contributed by atoms with Crippen molar-refractivity contribution in [2.45, 2.75) is 37.7 Å². The fourth-order valence-corrected chi connectivity index (χ4v) is 3.04. The van der Waals surface area contributed by atoms with Gasteiger partial charge >= 0.3 is 6.03 Å². The van der Waals surface area contributed by atoms with E-state index in [0.29, 0.717) is 23.1 Å². The highest BCUT2D eigenvalue weighted by atomic mass is 35.5. The zero-order valence-electron chi connectivity index (χ0n) is 12.7. The number of amides is 2. The van der Waals surface area contributed by atoms with Crippen molar-refractivity contribution in [2.24, 2.45) is 5.73 Å². The topological polar surface area (TPSA) is 81.4 Å². The van der Waals surface area contributed by atoms with Crippen molar-refractivity contribution in [3.05, 3.63) is 33.8 Å². The van der Waals surface area contributed by atoms with Crippen LogP contribution in [0.1, 0.15) is 37.2 Å². The first-order valence-corrected chi connectivity index (χ1v) is 8.35. The van der Waals surface area contributed by atoms with Gasteiger partial charge in [-0.25, -0.2) is 4.79 Å². The fraction of sp³-hybridized carbons (Fsp3) is 0.500. The van der Waals surface area contributed by atoms with Crippen LogP contribution in [0.15, 0.2) is 18.2 Å². The van der Waals surface area contributed by atoms with Gasteiger partial charge in [0.2, 0.25) is 0 Å². The van der Waals surface area contributed by atoms with E-state index in [0.717, 1.165) is 24.8 Å². The molecule has 0 bridgehead atoms. The molecule has 0 radical (unpaired) electrons. The maximum atomic E-state index is 12.5. The molecule has 1 aliphatic rings. The van der Waals surface area contributed by atoms with Crippen LogP contribution in [0.5, 0.6) is 0 Å². The second-order valence-electron chi connectivity index (χ2n) is 5.63. The van der Waals surface area contributed by atoms with Crippen molar-refractivity contribution in [1.29, 1.82) is 0 Å². The molecule has 1 aromatic carbocycles. The molecule has 2 amide bonds. The van der Waals surface area contributed by atoms with E-state index in [4.69, 9.17) is 33.7 Å². The molecule has 1 fully saturated rings. The van der Waals surface area contributed by atoms with Crippen molar-refractivity contribution < 1.29 is 14.3 Å². The predicted molar refractivity (Wildman–Crippen MR) is 90.0 cm³/mol. The predicted octanol–water partition coefficient (Wildman–Crippen LogP) is 3.27. The summed E-state index contributed by atoms with van der Waals surface area (Å²) in [5.41, 5.74) is 5.81. The molecule has 7 heteroatoms. The molecule has 1 heterocycles. The summed E-state index contributed by atoms with van der Waals surface area (Å²) in [7, 11) is 0. The van der Waals surface area contributed by atoms with Gasteiger partial charge in [-0.05, 0) is 43.4 Å². The number of nitrogens with one attached hydrogen (secondary N) is 1. The lowest BCUT2D eigenvalue weighted by molar-refractivity contribution is -0.120. The third-order valence-electron chi connectivity index (χ3n) is 3.94. The highest BCUT2D eigenvalue weighted by Crippen LogP contribution is 2.31. The highest BCUT2D eigenvalue weighted by molar-refractivity contribution is 6.42. The fourth-order valence-electron chi connectivity index (χ4n) is 2.74. The normalized spacial score (nSPS) is 19.1. The van der Waals surface area contributed by atoms with Gasteiger partial charge in [-0.1, -0.05) is 29.3 Å². The number of carbonyl (C=O) groups is 2. The van der Waals surface area contributed by atoms with E-state index in [2.05, 4.69) is 5.32 Å². The Hall–Kier alpha value is -1.30. The van der Waals surface area contributed by atoms with Gasteiger partial charge in [0.15, 0.2) is 5.78 Å². The Bertz CT molecular complexity index is 574. The first kappa shape index (κ1) is 18.0. The van der Waals surface area contributed by atoms with Gasteiger partial charge in [0.25, 0.3) is 0 Å². The third kappa shape index (κ3) is 5.37. The van der Waals surface area contributed by atoms with Crippen LogP contribution in [0, 0.1) is 0 Å². The SMILES string of the molecule is NC(=O)NCC(=O)C(CC1CCCCO1)c1ccc(Cl)c(Cl)c1. The van der Waals surface area contributed by atoms with Gasteiger partial charge in [0.05, 0.1) is 22.7 Å². The minimum atomic E-state index is -0.722. The van der Waals surface area contributed by atoms with Crippen LogP contribution in [0.25, 0.3) is 0 Å². The minimum absolute atomic E-state index is 0.0285. The summed E-state index contributed by atoms with van der Waals surface area (Å²) >= 11 is 12.0. The Labute approximate surface area is 145 Å². The molecule has 1 aromatic rings. The Kier molecular flexibility index (Phi) is 6.69. The van der Waals surface area contributed by atoms with Crippen molar-refractivity contribution in [1.82, 2.24) is 5.32 Å². The van der Waals surface area contributed by atoms with E-state index in [1.807, 2.05) is 0 Å². The Morgan fingerprint density at radius 2 is 2.09 bits per heavy atom. The van der Waals surface area contributed by atoms with Gasteiger partial charge in [0.1, 0.15) is 0 Å². The van der Waals surface area contributed by atoms with Gasteiger partial charge < -0.3 is 15.8 Å². The van der Waals surface area contributed by atoms with E-state index in [1.54, 1.807) is 18.2 Å². The van der Waals surface area contributed by atoms with Crippen molar-refractivity contribution in [3.8, 4) is 0 Å². The molecule has 126 valence electrons. The molecule has 0 aliphatic carbocycles. The number of Topliss-reactive ketones (excluding diaryl/α,β-unsaturated/α-hetero) is 1. The molecule has 5 nitrogen and oxygen atoms in total. The molecule has 2 unspecified atom stereocenters. The number of primary amides is 1. The van der Waals surface area contributed by atoms with Crippen LogP contribution < -0.4 is 11.1 Å². The molecule has 2 atom stereocenters. The zero-order chi connectivity index (χ0) is 16.8. The lowest BCUT2D eigenvalue weighted by Gasteiger charge is -2.27. The molecule has 0 spiro atoms. The third-order valence-corrected chi connectivity index (χ3v) is 4.68. The zero-order valence-corrected chi connectivity index (χ0v) is 14.2. The summed E-state index contributed by atoms with van der Waals surface area (Å²) in [4.78, 5) is 23.4. The number of hydrogen-bond donors (Lipinski definition) is 2. The molecule has 0 aromatic heterocycles. The number of hydrogen-bond acceptors (Lipinski definition) is 3. The van der Waals surface area contributed by atoms with Crippen LogP contribution in [-0.4, -0.2) is 31.1 Å². The number of benzene rings is 1. The highest BCUT2D eigenvalue weighted by Gasteiger charge is 2.26. The van der Waals surface area contributed by atoms with Crippen LogP contribution in [0.4, 0.5) is 4.79 Å². The quantitative estimate of drug-likeness (QED) is 0.818. The van der Waals surface area contributed by atoms with Gasteiger partial charge in [-0.3, -0.25) is 4.79 Å². The smallest absolute Gasteiger partial charge is 0.312 e. The second-order valence-corrected chi connectivity index (χ2v) is 6.45. The molecule has 1 aliphatic heterocycles. The average Bonchev–Trinajstić information content (AvgIpc) is 2.54. The molecule has 2 rings (SSSR count). The summed E-state index contributed by atoms with van der Waals surface area (Å²) in [6.45, 7) is 0.597. The second kappa shape index (κ2) is 8.52. The number of urea groups is 1. The molecule has 3 N–H and O–H groups in total. The maximum Gasteiger partial charge on any atom is 0.312 e. The Morgan fingerprint density at radius 3 is 2.70 bits per heavy atom. The van der Waals surface area contributed by atoms with Crippen molar-refractivity contribution >= 4 is 35.0 Å². The van der Waals surface area contributed by atoms with Gasteiger partial charge in [0, 0.05) is 12.5 Å². The number of ether oxygens (including phenoxy) is 1. The number of ketones is 1. The summed E-state index contributed by atoms with van der Waals surface area (Å²) in [5, 5.41) is 3.18. The van der Waals surface area contributed by atoms with E-state index >= 15 is 0 Å². The van der Waals surface area contributed by atoms with E-state index in [9.17, 15) is 9.59 Å². The van der Waals surface area contributed by atoms with Gasteiger partial charge in [-0.2, -0.15) is 0 Å². The summed E-state index contributed by atoms with van der Waals surface area (Å²) < 4.78 is 5.74. The van der Waals surface area contributed by atoms with E-state index < -0.39 is 11.9 Å². The number of halogens is 2. The Balaban J connectivity index is 2.16. The van der Waals surface area contributed by atoms with E-state index in [1.165, 1.54) is 0 Å². The lowest BCUT2D eigenvalue weighted by Crippen LogP contribution is -2.37. The first-order chi connectivity index (χ1) is 11.0. The van der Waals surface area contributed by atoms with Crippen molar-refractivity contribution in [2.75, 3.05) is 13.2 Å². The standard InChI is InChI=1S/C16H20Cl2N2O3/c17-13-5-4-10(7-14(13)18)12(15(21)9-20-16(19)22)8-11-3-1-2-6-23-11/h4-5,7,11-12H,1-3,6,8-9H2,(H3,19,20,22). The largest absolute Gasteiger partial charge is 0.378 e. The van der Waals surface area contributed by atoms with Crippen LogP contribution in [-0.2, 0) is 9.53 Å². The van der Waals surface area contributed by atoms with Crippen molar-refractivity contribution in [3.63, 3.8) is 0 Å². The van der Waals surface area contributed by atoms with Crippen LogP contribution in [0.2, 0.25) is 10.0 Å². The lowest BCUT2D eigenvalue weighted by atomic mass is 9.87. The molecule has 1 saturated heterocycles. The van der Waals surface area contributed by atoms with Crippen LogP contribution in [0.3, 0.4) is 0 Å². The summed E-state index contributed by atoms with van der Waals surface area (Å²) in [6, 6.07) is 4.42. The molecule has 0 saturated carbocycles. The maximum absolute atomic E-state index is 12.5. The number of nitrogens with two attached hydrogens (primary N) is 1. The number of rotatable bonds is 6. The van der Waals surface area contributed by atoms with E-state index in [-0.39, 0.29) is 18.4 Å². The summed E-state index contributed by atoms with van der Waals surface area (Å²) in [5.74, 6) is -0.545. The van der Waals surface area contributed by atoms with Crippen LogP contribution >= 0.6 is 23.2 Å². The number of carbonyl (C=O) groups excluding carboxylic acids is 2. The first-order valence-electron chi connectivity index (χ1n) is 7.60. The molecular formula is C16H20Cl2N2O3. The monoisotopic (exact) mass is 358 g/mol. The minimum Gasteiger partial charge on any atom is -0.378 e. The van der Waals surface area contributed by atoms with Gasteiger partial charge in [-0.15, -0.1) is 0 Å². The summed E-state index contributed by atoms with van der Waals surface area (Å²) in [6.07, 6.45) is 3.64.